The van der Waals surface area contributed by atoms with E-state index in [0.717, 1.165) is 24.0 Å². The molecule has 19 heavy (non-hydrogen) atoms. The average Bonchev–Trinajstić information content (AvgIpc) is 2.80. The van der Waals surface area contributed by atoms with Crippen LogP contribution in [0.5, 0.6) is 0 Å². The molecule has 2 rings (SSSR count). The zero-order chi connectivity index (χ0) is 14.0. The summed E-state index contributed by atoms with van der Waals surface area (Å²) in [6.07, 6.45) is 2.25. The minimum atomic E-state index is -0.816. The third kappa shape index (κ3) is 2.95. The van der Waals surface area contributed by atoms with Gasteiger partial charge in [0.15, 0.2) is 0 Å². The van der Waals surface area contributed by atoms with Crippen molar-refractivity contribution in [3.05, 3.63) is 34.9 Å². The Balaban J connectivity index is 2.12. The van der Waals surface area contributed by atoms with E-state index in [2.05, 4.69) is 5.32 Å². The van der Waals surface area contributed by atoms with Crippen molar-refractivity contribution in [1.82, 2.24) is 5.32 Å². The fraction of sp³-hybridized carbons (Fsp3) is 0.467. The fourth-order valence-electron chi connectivity index (χ4n) is 2.65. The number of carbonyl (C=O) groups is 2. The third-order valence-corrected chi connectivity index (χ3v) is 3.79. The number of aliphatic carboxylic acids is 1. The lowest BCUT2D eigenvalue weighted by molar-refractivity contribution is -0.142. The first-order chi connectivity index (χ1) is 8.99. The SMILES string of the molecule is Cc1ccc(C)c(C(=O)NC2CCCC2C(=O)O)c1. The number of benzene rings is 1. The average molecular weight is 261 g/mol. The van der Waals surface area contributed by atoms with Crippen LogP contribution in [0.3, 0.4) is 0 Å². The quantitative estimate of drug-likeness (QED) is 0.877. The Morgan fingerprint density at radius 2 is 2.00 bits per heavy atom. The first-order valence-corrected chi connectivity index (χ1v) is 6.60. The van der Waals surface area contributed by atoms with E-state index < -0.39 is 11.9 Å². The van der Waals surface area contributed by atoms with E-state index in [1.165, 1.54) is 0 Å². The smallest absolute Gasteiger partial charge is 0.308 e. The van der Waals surface area contributed by atoms with Crippen molar-refractivity contribution in [1.29, 1.82) is 0 Å². The lowest BCUT2D eigenvalue weighted by Crippen LogP contribution is -2.40. The minimum absolute atomic E-state index is 0.167. The summed E-state index contributed by atoms with van der Waals surface area (Å²) in [6.45, 7) is 3.82. The molecule has 1 amide bonds. The van der Waals surface area contributed by atoms with Gasteiger partial charge in [-0.05, 0) is 38.3 Å². The largest absolute Gasteiger partial charge is 0.481 e. The topological polar surface area (TPSA) is 66.4 Å². The Bertz CT molecular complexity index is 510. The van der Waals surface area contributed by atoms with Crippen molar-refractivity contribution in [2.24, 2.45) is 5.92 Å². The normalized spacial score (nSPS) is 22.2. The molecule has 1 aromatic carbocycles. The molecular formula is C15H19NO3. The van der Waals surface area contributed by atoms with E-state index in [9.17, 15) is 9.59 Å². The van der Waals surface area contributed by atoms with Crippen LogP contribution in [-0.2, 0) is 4.79 Å². The Morgan fingerprint density at radius 3 is 2.68 bits per heavy atom. The standard InChI is InChI=1S/C15H19NO3/c1-9-6-7-10(2)12(8-9)14(17)16-13-5-3-4-11(13)15(18)19/h6-8,11,13H,3-5H2,1-2H3,(H,16,17)(H,18,19). The highest BCUT2D eigenvalue weighted by atomic mass is 16.4. The van der Waals surface area contributed by atoms with E-state index in [0.29, 0.717) is 12.0 Å². The van der Waals surface area contributed by atoms with Crippen LogP contribution in [0, 0.1) is 19.8 Å². The summed E-state index contributed by atoms with van der Waals surface area (Å²) in [6, 6.07) is 5.47. The maximum Gasteiger partial charge on any atom is 0.308 e. The molecule has 0 heterocycles. The van der Waals surface area contributed by atoms with Crippen molar-refractivity contribution < 1.29 is 14.7 Å². The maximum atomic E-state index is 12.2. The fourth-order valence-corrected chi connectivity index (χ4v) is 2.65. The third-order valence-electron chi connectivity index (χ3n) is 3.79. The van der Waals surface area contributed by atoms with Crippen molar-refractivity contribution in [3.63, 3.8) is 0 Å². The Hall–Kier alpha value is -1.84. The minimum Gasteiger partial charge on any atom is -0.481 e. The molecule has 102 valence electrons. The van der Waals surface area contributed by atoms with Gasteiger partial charge in [-0.3, -0.25) is 9.59 Å². The van der Waals surface area contributed by atoms with Gasteiger partial charge in [-0.25, -0.2) is 0 Å². The predicted octanol–water partition coefficient (Wildman–Crippen LogP) is 2.29. The van der Waals surface area contributed by atoms with Crippen LogP contribution in [0.25, 0.3) is 0 Å². The molecule has 1 fully saturated rings. The second-order valence-electron chi connectivity index (χ2n) is 5.27. The highest BCUT2D eigenvalue weighted by molar-refractivity contribution is 5.96. The van der Waals surface area contributed by atoms with E-state index in [-0.39, 0.29) is 11.9 Å². The van der Waals surface area contributed by atoms with Gasteiger partial charge < -0.3 is 10.4 Å². The van der Waals surface area contributed by atoms with Gasteiger partial charge in [0.1, 0.15) is 0 Å². The maximum absolute atomic E-state index is 12.2. The van der Waals surface area contributed by atoms with Crippen molar-refractivity contribution >= 4 is 11.9 Å². The lowest BCUT2D eigenvalue weighted by Gasteiger charge is -2.18. The molecule has 2 atom stereocenters. The van der Waals surface area contributed by atoms with E-state index >= 15 is 0 Å². The second kappa shape index (κ2) is 5.43. The summed E-state index contributed by atoms with van der Waals surface area (Å²) in [7, 11) is 0. The van der Waals surface area contributed by atoms with Crippen LogP contribution < -0.4 is 5.32 Å². The Kier molecular flexibility index (Phi) is 3.88. The molecule has 0 aliphatic heterocycles. The molecule has 1 aliphatic carbocycles. The van der Waals surface area contributed by atoms with Gasteiger partial charge >= 0.3 is 5.97 Å². The molecule has 0 radical (unpaired) electrons. The van der Waals surface area contributed by atoms with E-state index in [1.807, 2.05) is 32.0 Å². The molecule has 0 bridgehead atoms. The number of hydrogen-bond acceptors (Lipinski definition) is 2. The van der Waals surface area contributed by atoms with Crippen LogP contribution in [0.2, 0.25) is 0 Å². The number of aryl methyl sites for hydroxylation is 2. The number of carbonyl (C=O) groups excluding carboxylic acids is 1. The molecule has 2 unspecified atom stereocenters. The summed E-state index contributed by atoms with van der Waals surface area (Å²) >= 11 is 0. The van der Waals surface area contributed by atoms with Gasteiger partial charge in [0.25, 0.3) is 5.91 Å². The monoisotopic (exact) mass is 261 g/mol. The number of rotatable bonds is 3. The summed E-state index contributed by atoms with van der Waals surface area (Å²) in [5, 5.41) is 12.0. The number of carboxylic acids is 1. The summed E-state index contributed by atoms with van der Waals surface area (Å²) in [5.41, 5.74) is 2.57. The van der Waals surface area contributed by atoms with Gasteiger partial charge in [-0.1, -0.05) is 24.1 Å². The molecular weight excluding hydrogens is 242 g/mol. The van der Waals surface area contributed by atoms with Crippen molar-refractivity contribution in [3.8, 4) is 0 Å². The number of amides is 1. The molecule has 1 aliphatic rings. The molecule has 4 nitrogen and oxygen atoms in total. The number of nitrogens with one attached hydrogen (secondary N) is 1. The van der Waals surface area contributed by atoms with E-state index in [1.54, 1.807) is 0 Å². The molecule has 1 saturated carbocycles. The zero-order valence-electron chi connectivity index (χ0n) is 11.3. The zero-order valence-corrected chi connectivity index (χ0v) is 11.3. The van der Waals surface area contributed by atoms with Gasteiger partial charge in [-0.15, -0.1) is 0 Å². The first kappa shape index (κ1) is 13.6. The highest BCUT2D eigenvalue weighted by Gasteiger charge is 2.34. The predicted molar refractivity (Wildman–Crippen MR) is 72.1 cm³/mol. The summed E-state index contributed by atoms with van der Waals surface area (Å²) in [5.74, 6) is -1.43. The van der Waals surface area contributed by atoms with Gasteiger partial charge in [0, 0.05) is 11.6 Å². The molecule has 0 saturated heterocycles. The van der Waals surface area contributed by atoms with Crippen LogP contribution in [-0.4, -0.2) is 23.0 Å². The van der Waals surface area contributed by atoms with Gasteiger partial charge in [-0.2, -0.15) is 0 Å². The van der Waals surface area contributed by atoms with Gasteiger partial charge in [0.05, 0.1) is 5.92 Å². The molecule has 4 heteroatoms. The highest BCUT2D eigenvalue weighted by Crippen LogP contribution is 2.26. The Labute approximate surface area is 112 Å². The van der Waals surface area contributed by atoms with Crippen molar-refractivity contribution in [2.75, 3.05) is 0 Å². The van der Waals surface area contributed by atoms with Crippen LogP contribution in [0.15, 0.2) is 18.2 Å². The van der Waals surface area contributed by atoms with Crippen LogP contribution >= 0.6 is 0 Å². The van der Waals surface area contributed by atoms with E-state index in [4.69, 9.17) is 5.11 Å². The molecule has 0 aromatic heterocycles. The lowest BCUT2D eigenvalue weighted by atomic mass is 10.0. The molecule has 2 N–H and O–H groups in total. The Morgan fingerprint density at radius 1 is 1.26 bits per heavy atom. The summed E-state index contributed by atoms with van der Waals surface area (Å²) in [4.78, 5) is 23.3. The molecule has 0 spiro atoms. The van der Waals surface area contributed by atoms with Gasteiger partial charge in [0.2, 0.25) is 0 Å². The van der Waals surface area contributed by atoms with Crippen molar-refractivity contribution in [2.45, 2.75) is 39.2 Å². The van der Waals surface area contributed by atoms with Crippen LogP contribution in [0.1, 0.15) is 40.7 Å². The molecule has 1 aromatic rings. The second-order valence-corrected chi connectivity index (χ2v) is 5.27. The number of hydrogen-bond donors (Lipinski definition) is 2. The summed E-state index contributed by atoms with van der Waals surface area (Å²) < 4.78 is 0. The number of carboxylic acid groups (broad SMARTS) is 1. The van der Waals surface area contributed by atoms with Crippen LogP contribution in [0.4, 0.5) is 0 Å². The first-order valence-electron chi connectivity index (χ1n) is 6.60.